The fourth-order valence-corrected chi connectivity index (χ4v) is 2.68. The molecule has 0 aromatic rings. The number of nitrogens with zero attached hydrogens (tertiary/aromatic N) is 1. The zero-order chi connectivity index (χ0) is 15.1. The van der Waals surface area contributed by atoms with Crippen LogP contribution in [0, 0.1) is 11.8 Å². The van der Waals surface area contributed by atoms with Crippen LogP contribution in [0.15, 0.2) is 0 Å². The van der Waals surface area contributed by atoms with Crippen LogP contribution in [0.3, 0.4) is 0 Å². The highest BCUT2D eigenvalue weighted by Crippen LogP contribution is 2.14. The number of likely N-dealkylation sites (tertiary alicyclic amines) is 1. The Morgan fingerprint density at radius 1 is 1.40 bits per heavy atom. The van der Waals surface area contributed by atoms with Crippen LogP contribution in [0.2, 0.25) is 0 Å². The van der Waals surface area contributed by atoms with E-state index in [4.69, 9.17) is 5.11 Å². The maximum atomic E-state index is 11.8. The van der Waals surface area contributed by atoms with Gasteiger partial charge in [-0.05, 0) is 38.3 Å². The third kappa shape index (κ3) is 6.75. The van der Waals surface area contributed by atoms with Crippen molar-refractivity contribution >= 4 is 12.0 Å². The summed E-state index contributed by atoms with van der Waals surface area (Å²) in [6.07, 6.45) is 1.87. The van der Waals surface area contributed by atoms with E-state index in [0.717, 1.165) is 25.9 Å². The summed E-state index contributed by atoms with van der Waals surface area (Å²) >= 11 is 0. The van der Waals surface area contributed by atoms with Crippen LogP contribution < -0.4 is 10.6 Å². The first-order valence-corrected chi connectivity index (χ1v) is 7.31. The summed E-state index contributed by atoms with van der Waals surface area (Å²) in [5.41, 5.74) is 0. The normalized spacial score (nSPS) is 20.9. The molecule has 6 heteroatoms. The molecule has 1 fully saturated rings. The smallest absolute Gasteiger partial charge is 0.315 e. The molecule has 0 aromatic carbocycles. The van der Waals surface area contributed by atoms with Gasteiger partial charge < -0.3 is 20.6 Å². The second kappa shape index (κ2) is 8.09. The van der Waals surface area contributed by atoms with Gasteiger partial charge >= 0.3 is 12.0 Å². The highest BCUT2D eigenvalue weighted by molar-refractivity contribution is 5.74. The van der Waals surface area contributed by atoms with Gasteiger partial charge in [0.2, 0.25) is 0 Å². The molecule has 0 aliphatic carbocycles. The van der Waals surface area contributed by atoms with Crippen LogP contribution in [0.25, 0.3) is 0 Å². The number of amides is 2. The molecular formula is C14H27N3O3. The standard InChI is InChI=1S/C14H27N3O3/c1-10(2)6-11(7-13(18)19)8-15-14(20)16-12-4-5-17(3)9-12/h10-12H,4-9H2,1-3H3,(H,18,19)(H2,15,16,20)/t11-,12?/m0/s1. The fraction of sp³-hybridized carbons (Fsp3) is 0.857. The number of hydrogen-bond acceptors (Lipinski definition) is 3. The molecule has 0 spiro atoms. The summed E-state index contributed by atoms with van der Waals surface area (Å²) in [6, 6.07) is 0.00691. The number of hydrogen-bond donors (Lipinski definition) is 3. The molecule has 1 rings (SSSR count). The van der Waals surface area contributed by atoms with Gasteiger partial charge in [-0.3, -0.25) is 4.79 Å². The van der Waals surface area contributed by atoms with Gasteiger partial charge in [0.05, 0.1) is 0 Å². The van der Waals surface area contributed by atoms with Crippen LogP contribution in [-0.2, 0) is 4.79 Å². The van der Waals surface area contributed by atoms with Crippen LogP contribution in [-0.4, -0.2) is 54.7 Å². The lowest BCUT2D eigenvalue weighted by Gasteiger charge is -2.19. The van der Waals surface area contributed by atoms with Crippen molar-refractivity contribution in [3.05, 3.63) is 0 Å². The van der Waals surface area contributed by atoms with Gasteiger partial charge in [0.15, 0.2) is 0 Å². The third-order valence-electron chi connectivity index (χ3n) is 3.55. The molecule has 0 saturated carbocycles. The maximum absolute atomic E-state index is 11.8. The Balaban J connectivity index is 2.30. The molecule has 3 N–H and O–H groups in total. The minimum Gasteiger partial charge on any atom is -0.481 e. The highest BCUT2D eigenvalue weighted by Gasteiger charge is 2.21. The van der Waals surface area contributed by atoms with E-state index >= 15 is 0 Å². The van der Waals surface area contributed by atoms with E-state index < -0.39 is 5.97 Å². The Morgan fingerprint density at radius 3 is 2.60 bits per heavy atom. The van der Waals surface area contributed by atoms with Gasteiger partial charge in [0, 0.05) is 25.6 Å². The number of carboxylic acid groups (broad SMARTS) is 1. The minimum atomic E-state index is -0.810. The first-order chi connectivity index (χ1) is 9.36. The average Bonchev–Trinajstić information content (AvgIpc) is 2.70. The number of likely N-dealkylation sites (N-methyl/N-ethyl adjacent to an activating group) is 1. The van der Waals surface area contributed by atoms with Crippen LogP contribution >= 0.6 is 0 Å². The second-order valence-corrected chi connectivity index (χ2v) is 6.20. The Hall–Kier alpha value is -1.30. The molecule has 2 atom stereocenters. The second-order valence-electron chi connectivity index (χ2n) is 6.20. The van der Waals surface area contributed by atoms with Crippen LogP contribution in [0.4, 0.5) is 4.79 Å². The quantitative estimate of drug-likeness (QED) is 0.655. The lowest BCUT2D eigenvalue weighted by molar-refractivity contribution is -0.138. The van der Waals surface area contributed by atoms with Gasteiger partial charge in [0.25, 0.3) is 0 Å². The van der Waals surface area contributed by atoms with Gasteiger partial charge in [-0.25, -0.2) is 4.79 Å². The van der Waals surface area contributed by atoms with Crippen LogP contribution in [0.1, 0.15) is 33.1 Å². The maximum Gasteiger partial charge on any atom is 0.315 e. The van der Waals surface area contributed by atoms with E-state index in [0.29, 0.717) is 12.5 Å². The van der Waals surface area contributed by atoms with E-state index in [1.54, 1.807) is 0 Å². The molecule has 6 nitrogen and oxygen atoms in total. The molecule has 20 heavy (non-hydrogen) atoms. The van der Waals surface area contributed by atoms with Crippen molar-refractivity contribution in [2.45, 2.75) is 39.2 Å². The Morgan fingerprint density at radius 2 is 2.10 bits per heavy atom. The predicted molar refractivity (Wildman–Crippen MR) is 77.6 cm³/mol. The topological polar surface area (TPSA) is 81.7 Å². The van der Waals surface area contributed by atoms with E-state index in [1.165, 1.54) is 0 Å². The predicted octanol–water partition coefficient (Wildman–Crippen LogP) is 1.13. The molecule has 0 radical (unpaired) electrons. The number of carbonyl (C=O) groups is 2. The number of carboxylic acids is 1. The molecule has 1 saturated heterocycles. The lowest BCUT2D eigenvalue weighted by atomic mass is 9.94. The molecule has 0 aromatic heterocycles. The lowest BCUT2D eigenvalue weighted by Crippen LogP contribution is -2.44. The average molecular weight is 285 g/mol. The van der Waals surface area contributed by atoms with Crippen molar-refractivity contribution in [1.82, 2.24) is 15.5 Å². The van der Waals surface area contributed by atoms with Gasteiger partial charge in [-0.1, -0.05) is 13.8 Å². The van der Waals surface area contributed by atoms with Gasteiger partial charge in [0.1, 0.15) is 0 Å². The minimum absolute atomic E-state index is 0.00972. The largest absolute Gasteiger partial charge is 0.481 e. The Kier molecular flexibility index (Phi) is 6.78. The summed E-state index contributed by atoms with van der Waals surface area (Å²) in [6.45, 7) is 6.41. The first-order valence-electron chi connectivity index (χ1n) is 7.31. The summed E-state index contributed by atoms with van der Waals surface area (Å²) < 4.78 is 0. The molecule has 1 unspecified atom stereocenters. The summed E-state index contributed by atoms with van der Waals surface area (Å²) in [5, 5.41) is 14.6. The van der Waals surface area contributed by atoms with E-state index in [1.807, 2.05) is 7.05 Å². The number of nitrogens with one attached hydrogen (secondary N) is 2. The van der Waals surface area contributed by atoms with E-state index in [-0.39, 0.29) is 24.4 Å². The Labute approximate surface area is 120 Å². The summed E-state index contributed by atoms with van der Waals surface area (Å²) in [5.74, 6) is -0.396. The monoisotopic (exact) mass is 285 g/mol. The SMILES string of the molecule is CC(C)C[C@H](CNC(=O)NC1CCN(C)C1)CC(=O)O. The highest BCUT2D eigenvalue weighted by atomic mass is 16.4. The molecule has 2 amide bonds. The van der Waals surface area contributed by atoms with Crippen molar-refractivity contribution in [3.63, 3.8) is 0 Å². The summed E-state index contributed by atoms with van der Waals surface area (Å²) in [4.78, 5) is 24.8. The van der Waals surface area contributed by atoms with E-state index in [2.05, 4.69) is 29.4 Å². The zero-order valence-electron chi connectivity index (χ0n) is 12.7. The molecule has 1 heterocycles. The van der Waals surface area contributed by atoms with Crippen molar-refractivity contribution in [2.75, 3.05) is 26.7 Å². The zero-order valence-corrected chi connectivity index (χ0v) is 12.7. The molecule has 1 aliphatic rings. The molecule has 116 valence electrons. The van der Waals surface area contributed by atoms with Crippen molar-refractivity contribution in [2.24, 2.45) is 11.8 Å². The van der Waals surface area contributed by atoms with Crippen molar-refractivity contribution in [1.29, 1.82) is 0 Å². The number of rotatable bonds is 7. The van der Waals surface area contributed by atoms with Crippen molar-refractivity contribution in [3.8, 4) is 0 Å². The Bertz CT molecular complexity index is 334. The summed E-state index contributed by atoms with van der Waals surface area (Å²) in [7, 11) is 2.03. The first kappa shape index (κ1) is 16.8. The fourth-order valence-electron chi connectivity index (χ4n) is 2.68. The molecule has 1 aliphatic heterocycles. The number of carbonyl (C=O) groups excluding carboxylic acids is 1. The van der Waals surface area contributed by atoms with Gasteiger partial charge in [-0.15, -0.1) is 0 Å². The van der Waals surface area contributed by atoms with E-state index in [9.17, 15) is 9.59 Å². The number of aliphatic carboxylic acids is 1. The van der Waals surface area contributed by atoms with Gasteiger partial charge in [-0.2, -0.15) is 0 Å². The molecule has 0 bridgehead atoms. The third-order valence-corrected chi connectivity index (χ3v) is 3.55. The van der Waals surface area contributed by atoms with Crippen LogP contribution in [0.5, 0.6) is 0 Å². The molecular weight excluding hydrogens is 258 g/mol. The number of urea groups is 1. The van der Waals surface area contributed by atoms with Crippen molar-refractivity contribution < 1.29 is 14.7 Å².